The normalized spacial score (nSPS) is 13.2. The average molecular weight is 402 g/mol. The molecule has 0 radical (unpaired) electrons. The smallest absolute Gasteiger partial charge is 0.333 e. The zero-order valence-corrected chi connectivity index (χ0v) is 17.4. The van der Waals surface area contributed by atoms with Crippen LogP contribution in [0.25, 0.3) is 0 Å². The molecule has 0 aliphatic rings. The summed E-state index contributed by atoms with van der Waals surface area (Å²) >= 11 is 0. The SMILES string of the molecule is Cc1ccc(C)c(OCC(O)COc2cccc(CC(OC(C)C)C(=O)O)c2)c1. The molecule has 2 rings (SSSR count). The van der Waals surface area contributed by atoms with Crippen molar-refractivity contribution >= 4 is 5.97 Å². The molecule has 29 heavy (non-hydrogen) atoms. The number of hydrogen-bond donors (Lipinski definition) is 2. The summed E-state index contributed by atoms with van der Waals surface area (Å²) in [6.07, 6.45) is -1.65. The summed E-state index contributed by atoms with van der Waals surface area (Å²) in [5.74, 6) is 0.307. The van der Waals surface area contributed by atoms with Crippen molar-refractivity contribution in [3.05, 3.63) is 59.2 Å². The van der Waals surface area contributed by atoms with Crippen molar-refractivity contribution in [3.63, 3.8) is 0 Å². The fourth-order valence-electron chi connectivity index (χ4n) is 2.79. The Labute approximate surface area is 172 Å². The highest BCUT2D eigenvalue weighted by molar-refractivity contribution is 5.72. The lowest BCUT2D eigenvalue weighted by molar-refractivity contribution is -0.153. The fourth-order valence-corrected chi connectivity index (χ4v) is 2.79. The monoisotopic (exact) mass is 402 g/mol. The number of aliphatic carboxylic acids is 1. The molecule has 0 fully saturated rings. The Morgan fingerprint density at radius 2 is 1.76 bits per heavy atom. The minimum Gasteiger partial charge on any atom is -0.491 e. The lowest BCUT2D eigenvalue weighted by Gasteiger charge is -2.17. The molecule has 2 aromatic carbocycles. The molecule has 0 heterocycles. The third kappa shape index (κ3) is 7.75. The number of carboxylic acid groups (broad SMARTS) is 1. The summed E-state index contributed by atoms with van der Waals surface area (Å²) in [6, 6.07) is 13.1. The van der Waals surface area contributed by atoms with Gasteiger partial charge in [-0.2, -0.15) is 0 Å². The molecule has 2 unspecified atom stereocenters. The summed E-state index contributed by atoms with van der Waals surface area (Å²) < 4.78 is 16.8. The van der Waals surface area contributed by atoms with Crippen molar-refractivity contribution in [1.82, 2.24) is 0 Å². The van der Waals surface area contributed by atoms with Crippen LogP contribution in [0.1, 0.15) is 30.5 Å². The Kier molecular flexibility index (Phi) is 8.49. The van der Waals surface area contributed by atoms with Crippen molar-refractivity contribution in [2.75, 3.05) is 13.2 Å². The van der Waals surface area contributed by atoms with Gasteiger partial charge >= 0.3 is 5.97 Å². The highest BCUT2D eigenvalue weighted by atomic mass is 16.5. The third-order valence-electron chi connectivity index (χ3n) is 4.25. The summed E-state index contributed by atoms with van der Waals surface area (Å²) in [4.78, 5) is 11.4. The van der Waals surface area contributed by atoms with E-state index in [2.05, 4.69) is 0 Å². The van der Waals surface area contributed by atoms with Gasteiger partial charge in [0.1, 0.15) is 30.8 Å². The topological polar surface area (TPSA) is 85.2 Å². The molecule has 0 aliphatic carbocycles. The maximum Gasteiger partial charge on any atom is 0.333 e. The molecular weight excluding hydrogens is 372 g/mol. The molecule has 6 heteroatoms. The van der Waals surface area contributed by atoms with Crippen molar-refractivity contribution < 1.29 is 29.2 Å². The zero-order valence-electron chi connectivity index (χ0n) is 17.4. The first kappa shape index (κ1) is 22.7. The van der Waals surface area contributed by atoms with Gasteiger partial charge in [-0.15, -0.1) is 0 Å². The van der Waals surface area contributed by atoms with E-state index in [9.17, 15) is 15.0 Å². The van der Waals surface area contributed by atoms with Gasteiger partial charge in [0, 0.05) is 6.42 Å². The molecule has 0 aliphatic heterocycles. The quantitative estimate of drug-likeness (QED) is 0.598. The van der Waals surface area contributed by atoms with Crippen LogP contribution in [-0.2, 0) is 16.0 Å². The zero-order chi connectivity index (χ0) is 21.4. The van der Waals surface area contributed by atoms with E-state index >= 15 is 0 Å². The fraction of sp³-hybridized carbons (Fsp3) is 0.435. The standard InChI is InChI=1S/C23H30O6/c1-15(2)29-22(23(25)26)12-18-6-5-7-20(11-18)27-13-19(24)14-28-21-10-16(3)8-9-17(21)4/h5-11,15,19,22,24H,12-14H2,1-4H3,(H,25,26). The number of carbonyl (C=O) groups is 1. The van der Waals surface area contributed by atoms with Crippen LogP contribution in [0.2, 0.25) is 0 Å². The van der Waals surface area contributed by atoms with Crippen LogP contribution in [-0.4, -0.2) is 47.7 Å². The molecule has 6 nitrogen and oxygen atoms in total. The van der Waals surface area contributed by atoms with Crippen LogP contribution < -0.4 is 9.47 Å². The number of carboxylic acids is 1. The lowest BCUT2D eigenvalue weighted by atomic mass is 10.1. The number of aliphatic hydroxyl groups excluding tert-OH is 1. The molecule has 2 N–H and O–H groups in total. The number of aryl methyl sites for hydroxylation is 2. The van der Waals surface area contributed by atoms with E-state index in [-0.39, 0.29) is 25.7 Å². The Hall–Kier alpha value is -2.57. The van der Waals surface area contributed by atoms with Crippen LogP contribution in [0.4, 0.5) is 0 Å². The van der Waals surface area contributed by atoms with Crippen molar-refractivity contribution in [2.24, 2.45) is 0 Å². The molecule has 0 saturated carbocycles. The summed E-state index contributed by atoms with van der Waals surface area (Å²) in [5, 5.41) is 19.5. The maximum absolute atomic E-state index is 11.4. The number of ether oxygens (including phenoxy) is 3. The molecule has 0 saturated heterocycles. The first-order valence-corrected chi connectivity index (χ1v) is 9.72. The highest BCUT2D eigenvalue weighted by Crippen LogP contribution is 2.20. The van der Waals surface area contributed by atoms with E-state index in [0.717, 1.165) is 22.4 Å². The van der Waals surface area contributed by atoms with Crippen molar-refractivity contribution in [2.45, 2.75) is 52.4 Å². The van der Waals surface area contributed by atoms with Gasteiger partial charge < -0.3 is 24.4 Å². The number of hydrogen-bond acceptors (Lipinski definition) is 5. The van der Waals surface area contributed by atoms with Gasteiger partial charge in [0.25, 0.3) is 0 Å². The van der Waals surface area contributed by atoms with Gasteiger partial charge in [0.2, 0.25) is 0 Å². The van der Waals surface area contributed by atoms with Crippen LogP contribution in [0.3, 0.4) is 0 Å². The van der Waals surface area contributed by atoms with Gasteiger partial charge in [-0.3, -0.25) is 0 Å². The molecule has 2 aromatic rings. The van der Waals surface area contributed by atoms with Crippen LogP contribution in [0, 0.1) is 13.8 Å². The highest BCUT2D eigenvalue weighted by Gasteiger charge is 2.20. The molecule has 0 aromatic heterocycles. The number of benzene rings is 2. The van der Waals surface area contributed by atoms with E-state index in [1.807, 2.05) is 38.1 Å². The second kappa shape index (κ2) is 10.8. The summed E-state index contributed by atoms with van der Waals surface area (Å²) in [6.45, 7) is 7.73. The van der Waals surface area contributed by atoms with E-state index in [0.29, 0.717) is 5.75 Å². The van der Waals surface area contributed by atoms with Gasteiger partial charge in [0.05, 0.1) is 6.10 Å². The van der Waals surface area contributed by atoms with Gasteiger partial charge in [-0.25, -0.2) is 4.79 Å². The average Bonchev–Trinajstić information content (AvgIpc) is 2.66. The maximum atomic E-state index is 11.4. The number of aliphatic hydroxyl groups is 1. The van der Waals surface area contributed by atoms with Crippen LogP contribution in [0.15, 0.2) is 42.5 Å². The van der Waals surface area contributed by atoms with E-state index < -0.39 is 18.2 Å². The summed E-state index contributed by atoms with van der Waals surface area (Å²) in [7, 11) is 0. The Morgan fingerprint density at radius 3 is 2.45 bits per heavy atom. The molecule has 0 amide bonds. The molecule has 0 spiro atoms. The largest absolute Gasteiger partial charge is 0.491 e. The van der Waals surface area contributed by atoms with Gasteiger partial charge in [-0.05, 0) is 62.6 Å². The number of rotatable bonds is 11. The summed E-state index contributed by atoms with van der Waals surface area (Å²) in [5.41, 5.74) is 2.89. The second-order valence-electron chi connectivity index (χ2n) is 7.41. The molecular formula is C23H30O6. The predicted molar refractivity (Wildman–Crippen MR) is 111 cm³/mol. The Morgan fingerprint density at radius 1 is 1.03 bits per heavy atom. The predicted octanol–water partition coefficient (Wildman–Crippen LogP) is 3.54. The van der Waals surface area contributed by atoms with E-state index in [1.165, 1.54) is 0 Å². The molecule has 2 atom stereocenters. The van der Waals surface area contributed by atoms with Crippen LogP contribution >= 0.6 is 0 Å². The van der Waals surface area contributed by atoms with Crippen LogP contribution in [0.5, 0.6) is 11.5 Å². The Bertz CT molecular complexity index is 802. The molecule has 158 valence electrons. The van der Waals surface area contributed by atoms with Gasteiger partial charge in [-0.1, -0.05) is 24.3 Å². The third-order valence-corrected chi connectivity index (χ3v) is 4.25. The van der Waals surface area contributed by atoms with Crippen molar-refractivity contribution in [3.8, 4) is 11.5 Å². The Balaban J connectivity index is 1.87. The lowest BCUT2D eigenvalue weighted by Crippen LogP contribution is -2.29. The van der Waals surface area contributed by atoms with Gasteiger partial charge in [0.15, 0.2) is 6.10 Å². The minimum atomic E-state index is -0.996. The van der Waals surface area contributed by atoms with Crippen molar-refractivity contribution in [1.29, 1.82) is 0 Å². The first-order chi connectivity index (χ1) is 13.7. The first-order valence-electron chi connectivity index (χ1n) is 9.72. The van der Waals surface area contributed by atoms with E-state index in [1.54, 1.807) is 32.0 Å². The second-order valence-corrected chi connectivity index (χ2v) is 7.41. The minimum absolute atomic E-state index is 0.0686. The van der Waals surface area contributed by atoms with E-state index in [4.69, 9.17) is 14.2 Å². The molecule has 0 bridgehead atoms.